The monoisotopic (exact) mass is 282 g/mol. The van der Waals surface area contributed by atoms with Crippen LogP contribution < -0.4 is 0 Å². The van der Waals surface area contributed by atoms with Crippen molar-refractivity contribution in [3.63, 3.8) is 0 Å². The van der Waals surface area contributed by atoms with E-state index in [2.05, 4.69) is 29.4 Å². The summed E-state index contributed by atoms with van der Waals surface area (Å²) in [5.41, 5.74) is 1.16. The molecular weight excluding hydrogens is 268 g/mol. The molecule has 1 aromatic heterocycles. The predicted molar refractivity (Wildman–Crippen MR) is 74.1 cm³/mol. The van der Waals surface area contributed by atoms with Crippen molar-refractivity contribution in [1.29, 1.82) is 0 Å². The third-order valence-corrected chi connectivity index (χ3v) is 3.82. The quantitative estimate of drug-likeness (QED) is 0.790. The summed E-state index contributed by atoms with van der Waals surface area (Å²) in [5, 5.41) is 13.4. The Labute approximate surface area is 116 Å². The van der Waals surface area contributed by atoms with Crippen LogP contribution in [-0.4, -0.2) is 26.0 Å². The maximum absolute atomic E-state index is 6.11. The molecule has 4 nitrogen and oxygen atoms in total. The second-order valence-electron chi connectivity index (χ2n) is 4.19. The highest BCUT2D eigenvalue weighted by atomic mass is 35.5. The minimum absolute atomic E-state index is 0.280. The molecule has 18 heavy (non-hydrogen) atoms. The Morgan fingerprint density at radius 2 is 2.11 bits per heavy atom. The Balaban J connectivity index is 1.93. The van der Waals surface area contributed by atoms with Crippen LogP contribution in [0.15, 0.2) is 29.4 Å². The molecule has 0 aliphatic heterocycles. The van der Waals surface area contributed by atoms with E-state index in [-0.39, 0.29) is 6.04 Å². The highest BCUT2D eigenvalue weighted by Gasteiger charge is 2.09. The van der Waals surface area contributed by atoms with E-state index in [1.165, 1.54) is 0 Å². The molecule has 0 bridgehead atoms. The van der Waals surface area contributed by atoms with Gasteiger partial charge >= 0.3 is 0 Å². The van der Waals surface area contributed by atoms with Gasteiger partial charge in [-0.3, -0.25) is 0 Å². The van der Waals surface area contributed by atoms with Gasteiger partial charge in [0.15, 0.2) is 0 Å². The summed E-state index contributed by atoms with van der Waals surface area (Å²) in [6.07, 6.45) is 0.912. The van der Waals surface area contributed by atoms with E-state index in [9.17, 15) is 0 Å². The number of aromatic nitrogens is 4. The molecule has 2 aromatic rings. The summed E-state index contributed by atoms with van der Waals surface area (Å²) in [6.45, 7) is 4.13. The zero-order chi connectivity index (χ0) is 13.0. The fourth-order valence-corrected chi connectivity index (χ4v) is 2.77. The molecular formula is C12H15ClN4S. The van der Waals surface area contributed by atoms with Crippen LogP contribution in [-0.2, 0) is 6.42 Å². The molecule has 0 radical (unpaired) electrons. The summed E-state index contributed by atoms with van der Waals surface area (Å²) in [7, 11) is 0. The van der Waals surface area contributed by atoms with Gasteiger partial charge in [-0.15, -0.1) is 5.10 Å². The molecule has 0 atom stereocenters. The Bertz CT molecular complexity index is 512. The summed E-state index contributed by atoms with van der Waals surface area (Å²) >= 11 is 7.77. The van der Waals surface area contributed by atoms with Crippen LogP contribution in [0.2, 0.25) is 5.02 Å². The van der Waals surface area contributed by atoms with Crippen molar-refractivity contribution in [2.45, 2.75) is 31.5 Å². The lowest BCUT2D eigenvalue weighted by molar-refractivity contribution is 0.477. The molecule has 2 rings (SSSR count). The molecule has 0 N–H and O–H groups in total. The van der Waals surface area contributed by atoms with Crippen LogP contribution in [0.4, 0.5) is 0 Å². The van der Waals surface area contributed by atoms with Gasteiger partial charge in [0.1, 0.15) is 0 Å². The lowest BCUT2D eigenvalue weighted by Crippen LogP contribution is -2.05. The van der Waals surface area contributed by atoms with Gasteiger partial charge in [-0.05, 0) is 42.3 Å². The van der Waals surface area contributed by atoms with E-state index in [1.807, 2.05) is 28.9 Å². The number of aryl methyl sites for hydroxylation is 1. The van der Waals surface area contributed by atoms with Crippen molar-refractivity contribution in [3.05, 3.63) is 34.9 Å². The number of rotatable bonds is 5. The van der Waals surface area contributed by atoms with Gasteiger partial charge in [0, 0.05) is 10.8 Å². The van der Waals surface area contributed by atoms with E-state index in [1.54, 1.807) is 11.8 Å². The van der Waals surface area contributed by atoms with E-state index in [0.717, 1.165) is 27.9 Å². The average molecular weight is 283 g/mol. The van der Waals surface area contributed by atoms with E-state index in [0.29, 0.717) is 0 Å². The van der Waals surface area contributed by atoms with Crippen LogP contribution in [0, 0.1) is 0 Å². The zero-order valence-corrected chi connectivity index (χ0v) is 11.9. The fraction of sp³-hybridized carbons (Fsp3) is 0.417. The molecule has 0 saturated heterocycles. The summed E-state index contributed by atoms with van der Waals surface area (Å²) in [5.74, 6) is 0.914. The molecule has 0 aliphatic carbocycles. The number of hydrogen-bond acceptors (Lipinski definition) is 4. The summed E-state index contributed by atoms with van der Waals surface area (Å²) < 4.78 is 1.83. The molecule has 6 heteroatoms. The Morgan fingerprint density at radius 1 is 1.33 bits per heavy atom. The molecule has 1 aromatic carbocycles. The van der Waals surface area contributed by atoms with Gasteiger partial charge in [-0.2, -0.15) is 0 Å². The first-order valence-electron chi connectivity index (χ1n) is 5.82. The fourth-order valence-electron chi connectivity index (χ4n) is 1.56. The smallest absolute Gasteiger partial charge is 0.209 e. The highest BCUT2D eigenvalue weighted by Crippen LogP contribution is 2.21. The normalized spacial score (nSPS) is 11.1. The summed E-state index contributed by atoms with van der Waals surface area (Å²) in [4.78, 5) is 0. The first kappa shape index (κ1) is 13.4. The maximum Gasteiger partial charge on any atom is 0.209 e. The standard InChI is InChI=1S/C12H15ClN4S/c1-9(2)17-12(14-15-16-17)18-8-7-10-5-3-4-6-11(10)13/h3-6,9H,7-8H2,1-2H3. The average Bonchev–Trinajstić information content (AvgIpc) is 2.80. The van der Waals surface area contributed by atoms with Gasteiger partial charge in [-0.1, -0.05) is 41.6 Å². The maximum atomic E-state index is 6.11. The minimum Gasteiger partial charge on any atom is -0.218 e. The molecule has 0 unspecified atom stereocenters. The lowest BCUT2D eigenvalue weighted by Gasteiger charge is -2.07. The third-order valence-electron chi connectivity index (χ3n) is 2.51. The van der Waals surface area contributed by atoms with Gasteiger partial charge in [-0.25, -0.2) is 4.68 Å². The first-order valence-corrected chi connectivity index (χ1v) is 7.19. The number of tetrazole rings is 1. The van der Waals surface area contributed by atoms with Crippen LogP contribution in [0.25, 0.3) is 0 Å². The predicted octanol–water partition coefficient (Wildman–Crippen LogP) is 3.24. The summed E-state index contributed by atoms with van der Waals surface area (Å²) in [6, 6.07) is 8.19. The first-order chi connectivity index (χ1) is 8.68. The third kappa shape index (κ3) is 3.23. The molecule has 0 spiro atoms. The largest absolute Gasteiger partial charge is 0.218 e. The molecule has 0 aliphatic rings. The second-order valence-corrected chi connectivity index (χ2v) is 5.66. The molecule has 0 amide bonds. The molecule has 0 saturated carbocycles. The van der Waals surface area contributed by atoms with Gasteiger partial charge < -0.3 is 0 Å². The van der Waals surface area contributed by atoms with Crippen molar-refractivity contribution in [3.8, 4) is 0 Å². The number of benzene rings is 1. The van der Waals surface area contributed by atoms with Gasteiger partial charge in [0.25, 0.3) is 0 Å². The van der Waals surface area contributed by atoms with E-state index in [4.69, 9.17) is 11.6 Å². The lowest BCUT2D eigenvalue weighted by atomic mass is 10.2. The van der Waals surface area contributed by atoms with Crippen LogP contribution in [0.1, 0.15) is 25.5 Å². The number of nitrogens with zero attached hydrogens (tertiary/aromatic N) is 4. The van der Waals surface area contributed by atoms with Crippen LogP contribution in [0.5, 0.6) is 0 Å². The molecule has 1 heterocycles. The van der Waals surface area contributed by atoms with E-state index < -0.39 is 0 Å². The van der Waals surface area contributed by atoms with Crippen LogP contribution in [0.3, 0.4) is 0 Å². The van der Waals surface area contributed by atoms with Crippen molar-refractivity contribution in [1.82, 2.24) is 20.2 Å². The SMILES string of the molecule is CC(C)n1nnnc1SCCc1ccccc1Cl. The van der Waals surface area contributed by atoms with Gasteiger partial charge in [0.05, 0.1) is 6.04 Å². The second kappa shape index (κ2) is 6.20. The van der Waals surface area contributed by atoms with Crippen LogP contribution >= 0.6 is 23.4 Å². The van der Waals surface area contributed by atoms with Crippen molar-refractivity contribution in [2.75, 3.05) is 5.75 Å². The Morgan fingerprint density at radius 3 is 2.83 bits per heavy atom. The van der Waals surface area contributed by atoms with Crippen molar-refractivity contribution < 1.29 is 0 Å². The van der Waals surface area contributed by atoms with Crippen molar-refractivity contribution in [2.24, 2.45) is 0 Å². The molecule has 96 valence electrons. The Kier molecular flexibility index (Phi) is 4.60. The zero-order valence-electron chi connectivity index (χ0n) is 10.4. The van der Waals surface area contributed by atoms with Gasteiger partial charge in [0.2, 0.25) is 5.16 Å². The number of halogens is 1. The Hall–Kier alpha value is -1.07. The number of hydrogen-bond donors (Lipinski definition) is 0. The number of thioether (sulfide) groups is 1. The highest BCUT2D eigenvalue weighted by molar-refractivity contribution is 7.99. The van der Waals surface area contributed by atoms with Crippen molar-refractivity contribution >= 4 is 23.4 Å². The minimum atomic E-state index is 0.280. The van der Waals surface area contributed by atoms with E-state index >= 15 is 0 Å². The topological polar surface area (TPSA) is 43.6 Å². The molecule has 0 fully saturated rings.